The number of benzene rings is 1. The molecule has 0 spiro atoms. The molecule has 19 heavy (non-hydrogen) atoms. The summed E-state index contributed by atoms with van der Waals surface area (Å²) in [5, 5.41) is 0. The summed E-state index contributed by atoms with van der Waals surface area (Å²) in [7, 11) is 1.64. The molecule has 0 bridgehead atoms. The predicted molar refractivity (Wildman–Crippen MR) is 78.0 cm³/mol. The zero-order chi connectivity index (χ0) is 14.6. The number of halogens is 2. The van der Waals surface area contributed by atoms with Crippen molar-refractivity contribution in [2.24, 2.45) is 11.7 Å². The van der Waals surface area contributed by atoms with Crippen LogP contribution >= 0.6 is 15.9 Å². The minimum Gasteiger partial charge on any atom is -0.340 e. The van der Waals surface area contributed by atoms with E-state index in [4.69, 9.17) is 5.73 Å². The van der Waals surface area contributed by atoms with Gasteiger partial charge in [-0.05, 0) is 30.5 Å². The van der Waals surface area contributed by atoms with Crippen molar-refractivity contribution in [1.29, 1.82) is 0 Å². The Hall–Kier alpha value is -0.940. The quantitative estimate of drug-likeness (QED) is 0.902. The zero-order valence-electron chi connectivity index (χ0n) is 11.5. The van der Waals surface area contributed by atoms with Gasteiger partial charge in [0.15, 0.2) is 0 Å². The second-order valence-electron chi connectivity index (χ2n) is 5.17. The van der Waals surface area contributed by atoms with Gasteiger partial charge in [0.2, 0.25) is 5.91 Å². The third kappa shape index (κ3) is 4.91. The summed E-state index contributed by atoms with van der Waals surface area (Å²) in [6.07, 6.45) is 0.629. The van der Waals surface area contributed by atoms with Crippen LogP contribution in [0.2, 0.25) is 0 Å². The maximum Gasteiger partial charge on any atom is 0.239 e. The molecular weight excluding hydrogens is 311 g/mol. The van der Waals surface area contributed by atoms with E-state index >= 15 is 0 Å². The summed E-state index contributed by atoms with van der Waals surface area (Å²) >= 11 is 3.29. The molecule has 0 unspecified atom stereocenters. The molecule has 0 aliphatic heterocycles. The van der Waals surface area contributed by atoms with Gasteiger partial charge >= 0.3 is 0 Å². The van der Waals surface area contributed by atoms with Crippen molar-refractivity contribution in [3.63, 3.8) is 0 Å². The van der Waals surface area contributed by atoms with Crippen molar-refractivity contribution >= 4 is 21.8 Å². The van der Waals surface area contributed by atoms with Crippen molar-refractivity contribution in [2.75, 3.05) is 7.05 Å². The molecule has 0 fully saturated rings. The monoisotopic (exact) mass is 330 g/mol. The number of likely N-dealkylation sites (N-methyl/N-ethyl adjacent to an activating group) is 1. The van der Waals surface area contributed by atoms with E-state index in [-0.39, 0.29) is 18.3 Å². The number of amides is 1. The van der Waals surface area contributed by atoms with Crippen molar-refractivity contribution in [3.05, 3.63) is 34.1 Å². The first-order chi connectivity index (χ1) is 8.81. The average molecular weight is 331 g/mol. The SMILES string of the molecule is CC(C)C[C@H](N)C(=O)N(C)Cc1cc(Br)ccc1F. The lowest BCUT2D eigenvalue weighted by atomic mass is 10.0. The normalized spacial score (nSPS) is 12.6. The van der Waals surface area contributed by atoms with Gasteiger partial charge in [0.25, 0.3) is 0 Å². The van der Waals surface area contributed by atoms with E-state index in [0.717, 1.165) is 4.47 Å². The molecule has 106 valence electrons. The molecule has 0 radical (unpaired) electrons. The highest BCUT2D eigenvalue weighted by molar-refractivity contribution is 9.10. The van der Waals surface area contributed by atoms with Crippen molar-refractivity contribution < 1.29 is 9.18 Å². The van der Waals surface area contributed by atoms with Crippen LogP contribution in [-0.2, 0) is 11.3 Å². The van der Waals surface area contributed by atoms with Gasteiger partial charge in [0.1, 0.15) is 5.82 Å². The molecule has 0 heterocycles. The summed E-state index contributed by atoms with van der Waals surface area (Å²) in [6.45, 7) is 4.25. The highest BCUT2D eigenvalue weighted by atomic mass is 79.9. The van der Waals surface area contributed by atoms with Crippen LogP contribution in [0.1, 0.15) is 25.8 Å². The summed E-state index contributed by atoms with van der Waals surface area (Å²) in [5.41, 5.74) is 6.32. The number of carbonyl (C=O) groups is 1. The van der Waals surface area contributed by atoms with Crippen LogP contribution in [0.15, 0.2) is 22.7 Å². The lowest BCUT2D eigenvalue weighted by Crippen LogP contribution is -2.42. The number of hydrogen-bond donors (Lipinski definition) is 1. The third-order valence-corrected chi connectivity index (χ3v) is 3.33. The van der Waals surface area contributed by atoms with Crippen molar-refractivity contribution in [2.45, 2.75) is 32.9 Å². The van der Waals surface area contributed by atoms with Crippen molar-refractivity contribution in [3.8, 4) is 0 Å². The number of nitrogens with two attached hydrogens (primary N) is 1. The van der Waals surface area contributed by atoms with E-state index in [2.05, 4.69) is 15.9 Å². The number of nitrogens with zero attached hydrogens (tertiary/aromatic N) is 1. The van der Waals surface area contributed by atoms with E-state index in [9.17, 15) is 9.18 Å². The van der Waals surface area contributed by atoms with Crippen LogP contribution in [0.3, 0.4) is 0 Å². The summed E-state index contributed by atoms with van der Waals surface area (Å²) in [6, 6.07) is 4.16. The Labute approximate surface area is 122 Å². The second kappa shape index (κ2) is 7.01. The highest BCUT2D eigenvalue weighted by Crippen LogP contribution is 2.17. The van der Waals surface area contributed by atoms with Crippen molar-refractivity contribution in [1.82, 2.24) is 4.90 Å². The fourth-order valence-electron chi connectivity index (χ4n) is 1.89. The Morgan fingerprint density at radius 1 is 1.47 bits per heavy atom. The summed E-state index contributed by atoms with van der Waals surface area (Å²) in [4.78, 5) is 13.5. The summed E-state index contributed by atoms with van der Waals surface area (Å²) < 4.78 is 14.4. The first-order valence-corrected chi connectivity index (χ1v) is 7.05. The number of carbonyl (C=O) groups excluding carboxylic acids is 1. The minimum atomic E-state index is -0.528. The van der Waals surface area contributed by atoms with Gasteiger partial charge in [-0.15, -0.1) is 0 Å². The fraction of sp³-hybridized carbons (Fsp3) is 0.500. The molecule has 1 atom stereocenters. The first-order valence-electron chi connectivity index (χ1n) is 6.25. The predicted octanol–water partition coefficient (Wildman–Crippen LogP) is 2.92. The van der Waals surface area contributed by atoms with Gasteiger partial charge in [-0.1, -0.05) is 29.8 Å². The second-order valence-corrected chi connectivity index (χ2v) is 6.08. The van der Waals surface area contributed by atoms with Crippen LogP contribution in [0, 0.1) is 11.7 Å². The largest absolute Gasteiger partial charge is 0.340 e. The van der Waals surface area contributed by atoms with E-state index < -0.39 is 6.04 Å². The lowest BCUT2D eigenvalue weighted by Gasteiger charge is -2.22. The van der Waals surface area contributed by atoms with Gasteiger partial charge in [0, 0.05) is 23.6 Å². The number of hydrogen-bond acceptors (Lipinski definition) is 2. The highest BCUT2D eigenvalue weighted by Gasteiger charge is 2.20. The number of rotatable bonds is 5. The Morgan fingerprint density at radius 3 is 2.68 bits per heavy atom. The molecule has 0 aromatic heterocycles. The van der Waals surface area contributed by atoms with Gasteiger partial charge in [-0.2, -0.15) is 0 Å². The topological polar surface area (TPSA) is 46.3 Å². The smallest absolute Gasteiger partial charge is 0.239 e. The van der Waals surface area contributed by atoms with Gasteiger partial charge in [0.05, 0.1) is 6.04 Å². The average Bonchev–Trinajstić information content (AvgIpc) is 2.31. The van der Waals surface area contributed by atoms with E-state index in [1.54, 1.807) is 19.2 Å². The van der Waals surface area contributed by atoms with Gasteiger partial charge < -0.3 is 10.6 Å². The van der Waals surface area contributed by atoms with Crippen LogP contribution in [0.5, 0.6) is 0 Å². The third-order valence-electron chi connectivity index (χ3n) is 2.83. The van der Waals surface area contributed by atoms with Gasteiger partial charge in [-0.25, -0.2) is 4.39 Å². The standard InChI is InChI=1S/C14H20BrFN2O/c1-9(2)6-13(17)14(19)18(3)8-10-7-11(15)4-5-12(10)16/h4-5,7,9,13H,6,8,17H2,1-3H3/t13-/m0/s1. The molecule has 1 aromatic carbocycles. The Kier molecular flexibility index (Phi) is 5.94. The molecule has 0 aliphatic rings. The minimum absolute atomic E-state index is 0.159. The molecule has 1 rings (SSSR count). The molecule has 3 nitrogen and oxygen atoms in total. The van der Waals surface area contributed by atoms with Crippen LogP contribution < -0.4 is 5.73 Å². The van der Waals surface area contributed by atoms with Crippen LogP contribution in [-0.4, -0.2) is 23.9 Å². The van der Waals surface area contributed by atoms with Gasteiger partial charge in [-0.3, -0.25) is 4.79 Å². The molecular formula is C14H20BrFN2O. The fourth-order valence-corrected chi connectivity index (χ4v) is 2.30. The Balaban J connectivity index is 2.71. The molecule has 2 N–H and O–H groups in total. The molecule has 1 aromatic rings. The molecule has 1 amide bonds. The maximum atomic E-state index is 13.6. The van der Waals surface area contributed by atoms with E-state index in [0.29, 0.717) is 17.9 Å². The molecule has 0 saturated heterocycles. The molecule has 0 saturated carbocycles. The van der Waals surface area contributed by atoms with Crippen LogP contribution in [0.25, 0.3) is 0 Å². The Morgan fingerprint density at radius 2 is 2.11 bits per heavy atom. The van der Waals surface area contributed by atoms with E-state index in [1.807, 2.05) is 13.8 Å². The van der Waals surface area contributed by atoms with E-state index in [1.165, 1.54) is 11.0 Å². The molecule has 0 aliphatic carbocycles. The Bertz CT molecular complexity index is 451. The maximum absolute atomic E-state index is 13.6. The molecule has 5 heteroatoms. The van der Waals surface area contributed by atoms with Crippen LogP contribution in [0.4, 0.5) is 4.39 Å². The first kappa shape index (κ1) is 16.1. The lowest BCUT2D eigenvalue weighted by molar-refractivity contribution is -0.132. The zero-order valence-corrected chi connectivity index (χ0v) is 13.1. The summed E-state index contributed by atoms with van der Waals surface area (Å²) in [5.74, 6) is -0.122.